The fourth-order valence-corrected chi connectivity index (χ4v) is 4.80. The highest BCUT2D eigenvalue weighted by molar-refractivity contribution is 5.97. The van der Waals surface area contributed by atoms with Crippen LogP contribution in [0.15, 0.2) is 42.0 Å². The Balaban J connectivity index is 1.83. The van der Waals surface area contributed by atoms with Gasteiger partial charge in [-0.25, -0.2) is 14.4 Å². The number of carboxylic acid groups (broad SMARTS) is 3. The van der Waals surface area contributed by atoms with Crippen LogP contribution in [0.5, 0.6) is 0 Å². The zero-order chi connectivity index (χ0) is 24.6. The smallest absolute Gasteiger partial charge is 0.343 e. The summed E-state index contributed by atoms with van der Waals surface area (Å²) < 4.78 is 10.9. The van der Waals surface area contributed by atoms with E-state index in [1.54, 1.807) is 0 Å². The maximum absolute atomic E-state index is 12.1. The molecule has 2 heterocycles. The van der Waals surface area contributed by atoms with Crippen LogP contribution in [0.25, 0.3) is 0 Å². The average molecular weight is 464 g/mol. The van der Waals surface area contributed by atoms with Gasteiger partial charge in [-0.3, -0.25) is 0 Å². The molecule has 1 aromatic rings. The summed E-state index contributed by atoms with van der Waals surface area (Å²) in [6.07, 6.45) is -1.90. The van der Waals surface area contributed by atoms with Crippen molar-refractivity contribution in [3.05, 3.63) is 47.5 Å². The van der Waals surface area contributed by atoms with Crippen molar-refractivity contribution in [2.45, 2.75) is 68.7 Å². The molecule has 2 fully saturated rings. The number of carbonyl (C=O) groups is 3. The molecule has 2 bridgehead atoms. The molecule has 180 valence electrons. The number of hydrogen-bond acceptors (Lipinski definition) is 7. The molecule has 1 unspecified atom stereocenters. The minimum Gasteiger partial charge on any atom is -0.479 e. The first-order chi connectivity index (χ1) is 15.4. The highest BCUT2D eigenvalue weighted by Crippen LogP contribution is 2.54. The van der Waals surface area contributed by atoms with Crippen LogP contribution in [0.2, 0.25) is 0 Å². The summed E-state index contributed by atoms with van der Waals surface area (Å²) in [6.45, 7) is 3.88. The van der Waals surface area contributed by atoms with Crippen LogP contribution in [0.3, 0.4) is 0 Å². The summed E-state index contributed by atoms with van der Waals surface area (Å²) >= 11 is 0. The van der Waals surface area contributed by atoms with Crippen molar-refractivity contribution in [1.82, 2.24) is 0 Å². The predicted molar refractivity (Wildman–Crippen MR) is 112 cm³/mol. The Morgan fingerprint density at radius 2 is 1.79 bits per heavy atom. The van der Waals surface area contributed by atoms with Gasteiger partial charge in [-0.2, -0.15) is 0 Å². The van der Waals surface area contributed by atoms with Crippen molar-refractivity contribution in [2.75, 3.05) is 0 Å². The molecule has 3 rings (SSSR count). The van der Waals surface area contributed by atoms with Gasteiger partial charge in [-0.15, -0.1) is 0 Å². The topological polar surface area (TPSA) is 171 Å². The standard InChI is InChI=1S/C23H28O10/c1-13(10-14(2)11-15-6-4-3-5-7-15)8-9-21-12-16(24)23(33-21,20(29)30)22(31,19(27)28)17(32-21)18(25)26/h3-7,10,14,16-17,24,31H,8-9,11-12H2,1-2H3,(H,25,26)(H,27,28)(H,29,30)/b13-10+/t14?,16-,17-,21-,22-,23-/m1/s1. The summed E-state index contributed by atoms with van der Waals surface area (Å²) in [5, 5.41) is 50.1. The van der Waals surface area contributed by atoms with Gasteiger partial charge >= 0.3 is 17.9 Å². The van der Waals surface area contributed by atoms with Crippen molar-refractivity contribution in [3.63, 3.8) is 0 Å². The molecule has 0 aromatic heterocycles. The van der Waals surface area contributed by atoms with Crippen molar-refractivity contribution in [3.8, 4) is 0 Å². The Hall–Kier alpha value is -2.79. The number of rotatable bonds is 9. The summed E-state index contributed by atoms with van der Waals surface area (Å²) in [5.74, 6) is -7.76. The van der Waals surface area contributed by atoms with Gasteiger partial charge in [0, 0.05) is 12.8 Å². The van der Waals surface area contributed by atoms with Gasteiger partial charge in [-0.1, -0.05) is 48.9 Å². The number of hydrogen-bond donors (Lipinski definition) is 5. The molecule has 33 heavy (non-hydrogen) atoms. The van der Waals surface area contributed by atoms with Crippen LogP contribution < -0.4 is 0 Å². The van der Waals surface area contributed by atoms with Crippen molar-refractivity contribution in [2.24, 2.45) is 5.92 Å². The molecule has 10 heteroatoms. The Labute approximate surface area is 190 Å². The molecule has 5 N–H and O–H groups in total. The molecule has 10 nitrogen and oxygen atoms in total. The third kappa shape index (κ3) is 4.15. The third-order valence-corrected chi connectivity index (χ3v) is 6.34. The van der Waals surface area contributed by atoms with E-state index in [9.17, 15) is 39.9 Å². The maximum Gasteiger partial charge on any atom is 0.343 e. The van der Waals surface area contributed by atoms with E-state index in [2.05, 4.69) is 0 Å². The highest BCUT2D eigenvalue weighted by atomic mass is 16.8. The van der Waals surface area contributed by atoms with Crippen LogP contribution in [0.4, 0.5) is 0 Å². The molecule has 2 aliphatic heterocycles. The second-order valence-electron chi connectivity index (χ2n) is 8.86. The number of fused-ring (bicyclic) bond motifs is 2. The van der Waals surface area contributed by atoms with Crippen molar-refractivity contribution < 1.29 is 49.4 Å². The quantitative estimate of drug-likeness (QED) is 0.334. The number of allylic oxidation sites excluding steroid dienone is 2. The van der Waals surface area contributed by atoms with E-state index < -0.39 is 53.5 Å². The molecule has 1 aromatic carbocycles. The zero-order valence-electron chi connectivity index (χ0n) is 18.3. The Bertz CT molecular complexity index is 959. The van der Waals surface area contributed by atoms with E-state index in [4.69, 9.17) is 9.47 Å². The first kappa shape index (κ1) is 24.8. The number of aliphatic hydroxyl groups is 2. The van der Waals surface area contributed by atoms with Gasteiger partial charge < -0.3 is 35.0 Å². The predicted octanol–water partition coefficient (Wildman–Crippen LogP) is 1.19. The van der Waals surface area contributed by atoms with E-state index in [0.717, 1.165) is 17.6 Å². The first-order valence-electron chi connectivity index (χ1n) is 10.6. The minimum atomic E-state index is -3.54. The SMILES string of the molecule is C/C(=C\C(C)Cc1ccccc1)CC[C@]12C[C@@H](O)[C@](C(=O)O)(O1)[C@](O)(C(=O)O)[C@@H](C(=O)O)O2. The summed E-state index contributed by atoms with van der Waals surface area (Å²) in [5.41, 5.74) is -4.58. The molecular formula is C23H28O10. The van der Waals surface area contributed by atoms with Crippen molar-refractivity contribution >= 4 is 17.9 Å². The normalized spacial score (nSPS) is 34.6. The van der Waals surface area contributed by atoms with Crippen LogP contribution in [0, 0.1) is 5.92 Å². The zero-order valence-corrected chi connectivity index (χ0v) is 18.3. The van der Waals surface area contributed by atoms with Crippen LogP contribution >= 0.6 is 0 Å². The Morgan fingerprint density at radius 3 is 2.33 bits per heavy atom. The Morgan fingerprint density at radius 1 is 1.15 bits per heavy atom. The van der Waals surface area contributed by atoms with Crippen LogP contribution in [-0.2, 0) is 30.3 Å². The number of carboxylic acids is 3. The lowest BCUT2D eigenvalue weighted by Crippen LogP contribution is -2.77. The molecule has 0 saturated carbocycles. The van der Waals surface area contributed by atoms with Gasteiger partial charge in [-0.05, 0) is 31.2 Å². The maximum atomic E-state index is 12.1. The summed E-state index contributed by atoms with van der Waals surface area (Å²) in [4.78, 5) is 35.7. The largest absolute Gasteiger partial charge is 0.479 e. The van der Waals surface area contributed by atoms with E-state index in [0.29, 0.717) is 6.42 Å². The first-order valence-corrected chi connectivity index (χ1v) is 10.6. The number of aliphatic hydroxyl groups excluding tert-OH is 1. The molecular weight excluding hydrogens is 436 g/mol. The van der Waals surface area contributed by atoms with E-state index >= 15 is 0 Å². The third-order valence-electron chi connectivity index (χ3n) is 6.34. The molecule has 0 radical (unpaired) electrons. The number of ether oxygens (including phenoxy) is 2. The van der Waals surface area contributed by atoms with E-state index in [-0.39, 0.29) is 12.3 Å². The summed E-state index contributed by atoms with van der Waals surface area (Å²) in [6, 6.07) is 9.87. The summed E-state index contributed by atoms with van der Waals surface area (Å²) in [7, 11) is 0. The fraction of sp³-hybridized carbons (Fsp3) is 0.522. The van der Waals surface area contributed by atoms with Gasteiger partial charge in [0.15, 0.2) is 5.79 Å². The van der Waals surface area contributed by atoms with Gasteiger partial charge in [0.05, 0.1) is 0 Å². The van der Waals surface area contributed by atoms with E-state index in [1.165, 1.54) is 0 Å². The van der Waals surface area contributed by atoms with Gasteiger partial charge in [0.1, 0.15) is 6.10 Å². The second kappa shape index (κ2) is 8.86. The van der Waals surface area contributed by atoms with Crippen molar-refractivity contribution in [1.29, 1.82) is 0 Å². The molecule has 0 amide bonds. The lowest BCUT2D eigenvalue weighted by atomic mass is 9.75. The molecule has 2 saturated heterocycles. The molecule has 0 aliphatic carbocycles. The fourth-order valence-electron chi connectivity index (χ4n) is 4.80. The number of aliphatic carboxylic acids is 3. The molecule has 2 aliphatic rings. The van der Waals surface area contributed by atoms with Crippen LogP contribution in [0.1, 0.15) is 38.7 Å². The number of benzene rings is 1. The van der Waals surface area contributed by atoms with Crippen LogP contribution in [-0.4, -0.2) is 72.6 Å². The van der Waals surface area contributed by atoms with Gasteiger partial charge in [0.25, 0.3) is 0 Å². The van der Waals surface area contributed by atoms with E-state index in [1.807, 2.05) is 50.3 Å². The monoisotopic (exact) mass is 464 g/mol. The molecule has 6 atom stereocenters. The Kier molecular flexibility index (Phi) is 6.67. The lowest BCUT2D eigenvalue weighted by Gasteiger charge is -2.48. The highest BCUT2D eigenvalue weighted by Gasteiger charge is 2.81. The van der Waals surface area contributed by atoms with Gasteiger partial charge in [0.2, 0.25) is 17.3 Å². The molecule has 0 spiro atoms. The minimum absolute atomic E-state index is 0.0427. The average Bonchev–Trinajstić information content (AvgIpc) is 3.00. The second-order valence-corrected chi connectivity index (χ2v) is 8.86. The lowest BCUT2D eigenvalue weighted by molar-refractivity contribution is -0.365.